The molecule has 0 spiro atoms. The number of likely N-dealkylation sites (N-methyl/N-ethyl adjacent to an activating group) is 1. The van der Waals surface area contributed by atoms with Crippen LogP contribution in [-0.2, 0) is 10.0 Å². The van der Waals surface area contributed by atoms with Gasteiger partial charge in [-0.3, -0.25) is 0 Å². The van der Waals surface area contributed by atoms with E-state index in [0.717, 1.165) is 38.8 Å². The first-order valence-electron chi connectivity index (χ1n) is 7.86. The first-order chi connectivity index (χ1) is 9.49. The maximum Gasteiger partial charge on any atom is 0.214 e. The zero-order chi connectivity index (χ0) is 14.6. The Morgan fingerprint density at radius 3 is 2.65 bits per heavy atom. The van der Waals surface area contributed by atoms with Gasteiger partial charge >= 0.3 is 0 Å². The Morgan fingerprint density at radius 2 is 2.00 bits per heavy atom. The van der Waals surface area contributed by atoms with Gasteiger partial charge in [0.2, 0.25) is 10.0 Å². The number of nitrogens with zero attached hydrogens (tertiary/aromatic N) is 2. The van der Waals surface area contributed by atoms with Crippen molar-refractivity contribution in [2.45, 2.75) is 50.6 Å². The van der Waals surface area contributed by atoms with E-state index in [9.17, 15) is 8.42 Å². The first kappa shape index (κ1) is 16.2. The number of piperidine rings is 1. The van der Waals surface area contributed by atoms with Gasteiger partial charge in [-0.05, 0) is 52.7 Å². The number of hydrogen-bond acceptors (Lipinski definition) is 4. The lowest BCUT2D eigenvalue weighted by molar-refractivity contribution is 0.290. The summed E-state index contributed by atoms with van der Waals surface area (Å²) in [5.41, 5.74) is 0. The maximum atomic E-state index is 12.5. The highest BCUT2D eigenvalue weighted by Crippen LogP contribution is 2.23. The van der Waals surface area contributed by atoms with Crippen LogP contribution in [0, 0.1) is 0 Å². The molecule has 0 saturated carbocycles. The molecule has 2 atom stereocenters. The summed E-state index contributed by atoms with van der Waals surface area (Å²) in [7, 11) is 0.930. The van der Waals surface area contributed by atoms with E-state index in [2.05, 4.69) is 10.2 Å². The fraction of sp³-hybridized carbons (Fsp3) is 1.00. The van der Waals surface area contributed by atoms with Crippen molar-refractivity contribution in [2.75, 3.05) is 39.5 Å². The second kappa shape index (κ2) is 7.20. The van der Waals surface area contributed by atoms with Crippen molar-refractivity contribution >= 4 is 10.0 Å². The standard InChI is InChI=1S/C14H29N3O2S/c1-16(2)12-14-7-5-10-17(14)20(18,19)11-8-13-6-3-4-9-15-13/h13-15H,3-12H2,1-2H3. The van der Waals surface area contributed by atoms with E-state index in [0.29, 0.717) is 18.3 Å². The molecule has 2 heterocycles. The van der Waals surface area contributed by atoms with Crippen LogP contribution in [0.15, 0.2) is 0 Å². The van der Waals surface area contributed by atoms with Crippen molar-refractivity contribution in [3.63, 3.8) is 0 Å². The summed E-state index contributed by atoms with van der Waals surface area (Å²) in [5, 5.41) is 3.43. The molecule has 2 aliphatic heterocycles. The number of sulfonamides is 1. The molecule has 2 unspecified atom stereocenters. The van der Waals surface area contributed by atoms with Crippen LogP contribution in [0.5, 0.6) is 0 Å². The van der Waals surface area contributed by atoms with Gasteiger partial charge in [0.1, 0.15) is 0 Å². The summed E-state index contributed by atoms with van der Waals surface area (Å²) < 4.78 is 26.9. The maximum absolute atomic E-state index is 12.5. The van der Waals surface area contributed by atoms with Gasteiger partial charge in [-0.25, -0.2) is 8.42 Å². The first-order valence-corrected chi connectivity index (χ1v) is 9.47. The minimum absolute atomic E-state index is 0.175. The highest BCUT2D eigenvalue weighted by Gasteiger charge is 2.34. The fourth-order valence-corrected chi connectivity index (χ4v) is 5.21. The molecular formula is C14H29N3O2S. The molecule has 2 saturated heterocycles. The van der Waals surface area contributed by atoms with Crippen LogP contribution in [0.25, 0.3) is 0 Å². The van der Waals surface area contributed by atoms with E-state index in [1.807, 2.05) is 14.1 Å². The van der Waals surface area contributed by atoms with Crippen LogP contribution in [-0.4, -0.2) is 69.2 Å². The molecule has 0 aromatic carbocycles. The Balaban J connectivity index is 1.88. The normalized spacial score (nSPS) is 29.1. The monoisotopic (exact) mass is 303 g/mol. The van der Waals surface area contributed by atoms with E-state index >= 15 is 0 Å². The molecule has 2 fully saturated rings. The predicted molar refractivity (Wildman–Crippen MR) is 82.3 cm³/mol. The molecule has 2 aliphatic rings. The van der Waals surface area contributed by atoms with E-state index in [-0.39, 0.29) is 6.04 Å². The average molecular weight is 303 g/mol. The third-order valence-electron chi connectivity index (χ3n) is 4.39. The van der Waals surface area contributed by atoms with Crippen LogP contribution in [0.2, 0.25) is 0 Å². The minimum atomic E-state index is -3.09. The number of nitrogens with one attached hydrogen (secondary N) is 1. The van der Waals surface area contributed by atoms with E-state index in [4.69, 9.17) is 0 Å². The minimum Gasteiger partial charge on any atom is -0.314 e. The zero-order valence-electron chi connectivity index (χ0n) is 12.8. The molecule has 1 N–H and O–H groups in total. The molecule has 0 aliphatic carbocycles. The summed E-state index contributed by atoms with van der Waals surface area (Å²) in [6.07, 6.45) is 6.33. The molecule has 0 radical (unpaired) electrons. The van der Waals surface area contributed by atoms with Crippen LogP contribution < -0.4 is 5.32 Å². The summed E-state index contributed by atoms with van der Waals surface area (Å²) >= 11 is 0. The SMILES string of the molecule is CN(C)CC1CCCN1S(=O)(=O)CCC1CCCCN1. The molecule has 118 valence electrons. The van der Waals surface area contributed by atoms with Crippen LogP contribution >= 0.6 is 0 Å². The number of rotatable bonds is 6. The Hall–Kier alpha value is -0.170. The Bertz CT molecular complexity index is 391. The lowest BCUT2D eigenvalue weighted by Crippen LogP contribution is -2.43. The van der Waals surface area contributed by atoms with Crippen molar-refractivity contribution in [2.24, 2.45) is 0 Å². The highest BCUT2D eigenvalue weighted by molar-refractivity contribution is 7.89. The van der Waals surface area contributed by atoms with Gasteiger partial charge in [0.25, 0.3) is 0 Å². The largest absolute Gasteiger partial charge is 0.314 e. The number of hydrogen-bond donors (Lipinski definition) is 1. The molecule has 6 heteroatoms. The van der Waals surface area contributed by atoms with Gasteiger partial charge in [-0.2, -0.15) is 4.31 Å². The molecule has 0 aromatic rings. The molecule has 0 aromatic heterocycles. The second-order valence-electron chi connectivity index (χ2n) is 6.42. The van der Waals surface area contributed by atoms with Gasteiger partial charge in [0.05, 0.1) is 5.75 Å². The second-order valence-corrected chi connectivity index (χ2v) is 8.46. The third kappa shape index (κ3) is 4.41. The summed E-state index contributed by atoms with van der Waals surface area (Å²) in [5.74, 6) is 0.300. The Morgan fingerprint density at radius 1 is 1.20 bits per heavy atom. The van der Waals surface area contributed by atoms with Crippen molar-refractivity contribution in [3.05, 3.63) is 0 Å². The van der Waals surface area contributed by atoms with E-state index in [1.165, 1.54) is 12.8 Å². The predicted octanol–water partition coefficient (Wildman–Crippen LogP) is 0.874. The average Bonchev–Trinajstić information content (AvgIpc) is 2.86. The van der Waals surface area contributed by atoms with Crippen LogP contribution in [0.3, 0.4) is 0 Å². The molecular weight excluding hydrogens is 274 g/mol. The van der Waals surface area contributed by atoms with Crippen molar-refractivity contribution in [1.29, 1.82) is 0 Å². The quantitative estimate of drug-likeness (QED) is 0.791. The molecule has 5 nitrogen and oxygen atoms in total. The summed E-state index contributed by atoms with van der Waals surface area (Å²) in [6, 6.07) is 0.572. The molecule has 20 heavy (non-hydrogen) atoms. The lowest BCUT2D eigenvalue weighted by Gasteiger charge is -2.28. The van der Waals surface area contributed by atoms with Gasteiger partial charge in [-0.15, -0.1) is 0 Å². The zero-order valence-corrected chi connectivity index (χ0v) is 13.7. The van der Waals surface area contributed by atoms with Crippen molar-refractivity contribution in [1.82, 2.24) is 14.5 Å². The van der Waals surface area contributed by atoms with Crippen LogP contribution in [0.1, 0.15) is 38.5 Å². The molecule has 0 amide bonds. The van der Waals surface area contributed by atoms with Gasteiger partial charge in [0, 0.05) is 25.2 Å². The molecule has 0 bridgehead atoms. The van der Waals surface area contributed by atoms with E-state index in [1.54, 1.807) is 4.31 Å². The Labute approximate surface area is 123 Å². The fourth-order valence-electron chi connectivity index (χ4n) is 3.36. The van der Waals surface area contributed by atoms with Gasteiger partial charge in [-0.1, -0.05) is 6.42 Å². The molecule has 2 rings (SSSR count). The highest BCUT2D eigenvalue weighted by atomic mass is 32.2. The third-order valence-corrected chi connectivity index (χ3v) is 6.34. The topological polar surface area (TPSA) is 52.7 Å². The summed E-state index contributed by atoms with van der Waals surface area (Å²) in [4.78, 5) is 2.08. The van der Waals surface area contributed by atoms with Crippen LogP contribution in [0.4, 0.5) is 0 Å². The Kier molecular flexibility index (Phi) is 5.84. The lowest BCUT2D eigenvalue weighted by atomic mass is 10.0. The van der Waals surface area contributed by atoms with Gasteiger partial charge in [0.15, 0.2) is 0 Å². The van der Waals surface area contributed by atoms with Gasteiger partial charge < -0.3 is 10.2 Å². The van der Waals surface area contributed by atoms with Crippen molar-refractivity contribution in [3.8, 4) is 0 Å². The van der Waals surface area contributed by atoms with Crippen molar-refractivity contribution < 1.29 is 8.42 Å². The smallest absolute Gasteiger partial charge is 0.214 e. The summed E-state index contributed by atoms with van der Waals surface area (Å²) in [6.45, 7) is 2.58. The van der Waals surface area contributed by atoms with E-state index < -0.39 is 10.0 Å².